The minimum absolute atomic E-state index is 0.0840. The van der Waals surface area contributed by atoms with E-state index in [0.717, 1.165) is 40.2 Å². The van der Waals surface area contributed by atoms with Gasteiger partial charge in [0.15, 0.2) is 0 Å². The third-order valence-corrected chi connectivity index (χ3v) is 8.40. The van der Waals surface area contributed by atoms with E-state index in [-0.39, 0.29) is 5.41 Å². The summed E-state index contributed by atoms with van der Waals surface area (Å²) in [6.07, 6.45) is 4.99. The number of para-hydroxylation sites is 1. The molecule has 6 heteroatoms. The van der Waals surface area contributed by atoms with Crippen LogP contribution in [0.15, 0.2) is 84.9 Å². The van der Waals surface area contributed by atoms with Crippen LogP contribution >= 0.6 is 0 Å². The Hall–Kier alpha value is -4.06. The Bertz CT molecular complexity index is 1580. The first kappa shape index (κ1) is 22.2. The summed E-state index contributed by atoms with van der Waals surface area (Å²) in [7, 11) is 1.81. The SMILES string of the molecule is Cn1nnc(-c2ccc(OCc3ccc4ccccc4n3)cc2[C@]2(c3ccccc3)C[C@H]3CC[C@H]2C3)n1. The first-order valence-electron chi connectivity index (χ1n) is 13.1. The largest absolute Gasteiger partial charge is 0.487 e. The Labute approximate surface area is 216 Å². The maximum absolute atomic E-state index is 6.37. The number of benzene rings is 3. The molecule has 2 bridgehead atoms. The van der Waals surface area contributed by atoms with Crippen LogP contribution in [0, 0.1) is 11.8 Å². The number of nitrogens with zero attached hydrogens (tertiary/aromatic N) is 5. The van der Waals surface area contributed by atoms with Crippen LogP contribution in [0.4, 0.5) is 0 Å². The summed E-state index contributed by atoms with van der Waals surface area (Å²) in [5.74, 6) is 2.85. The van der Waals surface area contributed by atoms with Gasteiger partial charge in [-0.1, -0.05) is 61.0 Å². The van der Waals surface area contributed by atoms with Gasteiger partial charge in [0, 0.05) is 16.4 Å². The number of aromatic nitrogens is 5. The number of fused-ring (bicyclic) bond motifs is 3. The molecule has 0 spiro atoms. The van der Waals surface area contributed by atoms with Gasteiger partial charge in [0.2, 0.25) is 5.82 Å². The maximum atomic E-state index is 6.37. The highest BCUT2D eigenvalue weighted by Crippen LogP contribution is 2.61. The van der Waals surface area contributed by atoms with Gasteiger partial charge < -0.3 is 4.74 Å². The highest BCUT2D eigenvalue weighted by Gasteiger charge is 2.53. The van der Waals surface area contributed by atoms with E-state index in [1.165, 1.54) is 35.2 Å². The monoisotopic (exact) mass is 487 g/mol. The summed E-state index contributed by atoms with van der Waals surface area (Å²) in [5, 5.41) is 14.3. The lowest BCUT2D eigenvalue weighted by Crippen LogP contribution is -2.34. The highest BCUT2D eigenvalue weighted by atomic mass is 16.5. The lowest BCUT2D eigenvalue weighted by molar-refractivity contribution is 0.296. The molecule has 6 nitrogen and oxygen atoms in total. The van der Waals surface area contributed by atoms with Crippen LogP contribution < -0.4 is 4.74 Å². The molecule has 2 saturated carbocycles. The number of rotatable bonds is 6. The third kappa shape index (κ3) is 3.79. The van der Waals surface area contributed by atoms with Gasteiger partial charge in [0.1, 0.15) is 12.4 Å². The molecule has 0 N–H and O–H groups in total. The first-order valence-corrected chi connectivity index (χ1v) is 13.1. The van der Waals surface area contributed by atoms with E-state index in [4.69, 9.17) is 9.72 Å². The van der Waals surface area contributed by atoms with Crippen LogP contribution in [0.5, 0.6) is 5.75 Å². The zero-order chi connectivity index (χ0) is 24.8. The lowest BCUT2D eigenvalue weighted by atomic mass is 9.63. The molecule has 3 atom stereocenters. The van der Waals surface area contributed by atoms with Crippen LogP contribution in [0.2, 0.25) is 0 Å². The van der Waals surface area contributed by atoms with Gasteiger partial charge in [-0.2, -0.15) is 4.80 Å². The van der Waals surface area contributed by atoms with Crippen molar-refractivity contribution in [1.29, 1.82) is 0 Å². The summed E-state index contributed by atoms with van der Waals surface area (Å²) < 4.78 is 6.37. The molecule has 2 aliphatic rings. The van der Waals surface area contributed by atoms with Gasteiger partial charge in [0.05, 0.1) is 18.3 Å². The van der Waals surface area contributed by atoms with E-state index < -0.39 is 0 Å². The second-order valence-corrected chi connectivity index (χ2v) is 10.5. The summed E-state index contributed by atoms with van der Waals surface area (Å²) in [6, 6.07) is 29.7. The van der Waals surface area contributed by atoms with Crippen molar-refractivity contribution in [1.82, 2.24) is 25.2 Å². The Kier molecular flexibility index (Phi) is 5.27. The Morgan fingerprint density at radius 2 is 1.81 bits per heavy atom. The van der Waals surface area contributed by atoms with Gasteiger partial charge in [-0.15, -0.1) is 10.2 Å². The predicted octanol–water partition coefficient (Wildman–Crippen LogP) is 6.11. The molecule has 0 unspecified atom stereocenters. The second-order valence-electron chi connectivity index (χ2n) is 10.5. The fourth-order valence-electron chi connectivity index (χ4n) is 6.82. The van der Waals surface area contributed by atoms with Gasteiger partial charge in [0.25, 0.3) is 0 Å². The number of pyridine rings is 1. The number of tetrazole rings is 1. The average molecular weight is 488 g/mol. The third-order valence-electron chi connectivity index (χ3n) is 8.40. The van der Waals surface area contributed by atoms with E-state index in [0.29, 0.717) is 18.3 Å². The standard InChI is InChI=1S/C31H29N5O/c1-36-34-30(33-35-36)27-16-15-26(37-20-25-14-12-22-7-5-6-10-29(22)32-25)18-28(27)31(23-8-3-2-4-9-23)19-21-11-13-24(31)17-21/h2-10,12,14-16,18,21,24H,11,13,17,19-20H2,1H3/t21-,24-,31-/m0/s1. The molecular formula is C31H29N5O. The lowest BCUT2D eigenvalue weighted by Gasteiger charge is -2.40. The van der Waals surface area contributed by atoms with E-state index in [1.807, 2.05) is 37.4 Å². The number of hydrogen-bond acceptors (Lipinski definition) is 5. The van der Waals surface area contributed by atoms with Gasteiger partial charge in [-0.3, -0.25) is 0 Å². The Balaban J connectivity index is 1.31. The molecule has 37 heavy (non-hydrogen) atoms. The van der Waals surface area contributed by atoms with Crippen molar-refractivity contribution < 1.29 is 4.74 Å². The number of hydrogen-bond donors (Lipinski definition) is 0. The molecule has 0 saturated heterocycles. The molecule has 0 aliphatic heterocycles. The van der Waals surface area contributed by atoms with Crippen LogP contribution in [0.25, 0.3) is 22.3 Å². The molecule has 0 radical (unpaired) electrons. The van der Waals surface area contributed by atoms with Crippen LogP contribution in [-0.2, 0) is 19.1 Å². The molecule has 2 heterocycles. The fraction of sp³-hybridized carbons (Fsp3) is 0.290. The van der Waals surface area contributed by atoms with Crippen LogP contribution in [-0.4, -0.2) is 25.2 Å². The zero-order valence-corrected chi connectivity index (χ0v) is 20.9. The summed E-state index contributed by atoms with van der Waals surface area (Å²) >= 11 is 0. The number of ether oxygens (including phenoxy) is 1. The number of aryl methyl sites for hydroxylation is 1. The van der Waals surface area contributed by atoms with Gasteiger partial charge >= 0.3 is 0 Å². The van der Waals surface area contributed by atoms with Crippen molar-refractivity contribution in [2.45, 2.75) is 37.7 Å². The maximum Gasteiger partial charge on any atom is 0.205 e. The molecule has 5 aromatic rings. The summed E-state index contributed by atoms with van der Waals surface area (Å²) in [6.45, 7) is 0.414. The Morgan fingerprint density at radius 3 is 2.59 bits per heavy atom. The van der Waals surface area contributed by atoms with Crippen molar-refractivity contribution in [3.05, 3.63) is 102 Å². The van der Waals surface area contributed by atoms with Gasteiger partial charge in [-0.25, -0.2) is 4.98 Å². The van der Waals surface area contributed by atoms with Crippen molar-refractivity contribution in [2.24, 2.45) is 18.9 Å². The molecule has 184 valence electrons. The average Bonchev–Trinajstić information content (AvgIpc) is 3.69. The molecule has 2 aliphatic carbocycles. The predicted molar refractivity (Wildman–Crippen MR) is 143 cm³/mol. The molecule has 7 rings (SSSR count). The molecule has 2 aromatic heterocycles. The molecule has 3 aromatic carbocycles. The quantitative estimate of drug-likeness (QED) is 0.289. The fourth-order valence-corrected chi connectivity index (χ4v) is 6.82. The molecule has 0 amide bonds. The van der Waals surface area contributed by atoms with Gasteiger partial charge in [-0.05, 0) is 77.8 Å². The van der Waals surface area contributed by atoms with E-state index in [1.54, 1.807) is 0 Å². The first-order chi connectivity index (χ1) is 18.2. The molecule has 2 fully saturated rings. The second kappa shape index (κ2) is 8.80. The van der Waals surface area contributed by atoms with E-state index in [9.17, 15) is 0 Å². The van der Waals surface area contributed by atoms with Crippen molar-refractivity contribution in [3.63, 3.8) is 0 Å². The zero-order valence-electron chi connectivity index (χ0n) is 20.9. The van der Waals surface area contributed by atoms with Crippen molar-refractivity contribution in [2.75, 3.05) is 0 Å². The van der Waals surface area contributed by atoms with Crippen molar-refractivity contribution >= 4 is 10.9 Å². The summed E-state index contributed by atoms with van der Waals surface area (Å²) in [5.41, 5.74) is 5.49. The topological polar surface area (TPSA) is 65.7 Å². The van der Waals surface area contributed by atoms with Crippen molar-refractivity contribution in [3.8, 4) is 17.1 Å². The van der Waals surface area contributed by atoms with Crippen LogP contribution in [0.1, 0.15) is 42.5 Å². The minimum atomic E-state index is -0.0840. The summed E-state index contributed by atoms with van der Waals surface area (Å²) in [4.78, 5) is 6.33. The van der Waals surface area contributed by atoms with E-state index >= 15 is 0 Å². The molecular weight excluding hydrogens is 458 g/mol. The van der Waals surface area contributed by atoms with Crippen LogP contribution in [0.3, 0.4) is 0 Å². The minimum Gasteiger partial charge on any atom is -0.487 e. The Morgan fingerprint density at radius 1 is 0.946 bits per heavy atom. The highest BCUT2D eigenvalue weighted by molar-refractivity contribution is 5.78. The normalized spacial score (nSPS) is 22.5. The van der Waals surface area contributed by atoms with E-state index in [2.05, 4.69) is 70.0 Å². The smallest absolute Gasteiger partial charge is 0.205 e.